The summed E-state index contributed by atoms with van der Waals surface area (Å²) >= 11 is 0.996. The van der Waals surface area contributed by atoms with Crippen LogP contribution in [0.4, 0.5) is 5.69 Å². The number of thiophene rings is 1. The van der Waals surface area contributed by atoms with Crippen molar-refractivity contribution in [3.8, 4) is 0 Å². The van der Waals surface area contributed by atoms with E-state index in [-0.39, 0.29) is 22.2 Å². The molecule has 1 rings (SSSR count). The minimum Gasteiger partial charge on any atom is -0.477 e. The van der Waals surface area contributed by atoms with E-state index in [0.29, 0.717) is 6.42 Å². The van der Waals surface area contributed by atoms with Crippen LogP contribution in [0.2, 0.25) is 0 Å². The van der Waals surface area contributed by atoms with Crippen molar-refractivity contribution in [2.45, 2.75) is 20.3 Å². The van der Waals surface area contributed by atoms with Crippen molar-refractivity contribution in [3.05, 3.63) is 16.3 Å². The monoisotopic (exact) mass is 277 g/mol. The smallest absolute Gasteiger partial charge is 0.348 e. The molecule has 0 unspecified atom stereocenters. The topological polar surface area (TPSA) is 83.5 Å². The summed E-state index contributed by atoms with van der Waals surface area (Å²) in [5, 5.41) is 10.4. The highest BCUT2D eigenvalue weighted by Crippen LogP contribution is 2.23. The van der Waals surface area contributed by atoms with Gasteiger partial charge in [-0.15, -0.1) is 11.3 Å². The van der Waals surface area contributed by atoms with Gasteiger partial charge in [0.2, 0.25) is 10.0 Å². The Kier molecular flexibility index (Phi) is 4.53. The molecule has 0 amide bonds. The molecular formula is C10H15NO4S2. The van der Waals surface area contributed by atoms with Crippen LogP contribution >= 0.6 is 11.3 Å². The molecule has 0 fully saturated rings. The fourth-order valence-electron chi connectivity index (χ4n) is 1.16. The highest BCUT2D eigenvalue weighted by Gasteiger charge is 2.17. The number of carboxylic acid groups (broad SMARTS) is 1. The van der Waals surface area contributed by atoms with Gasteiger partial charge >= 0.3 is 5.97 Å². The maximum atomic E-state index is 11.7. The molecule has 0 aliphatic rings. The first-order valence-corrected chi connectivity index (χ1v) is 7.66. The molecule has 0 radical (unpaired) electrons. The third-order valence-electron chi connectivity index (χ3n) is 2.09. The lowest BCUT2D eigenvalue weighted by atomic mass is 10.2. The van der Waals surface area contributed by atoms with Gasteiger partial charge in [-0.25, -0.2) is 13.2 Å². The van der Waals surface area contributed by atoms with Crippen molar-refractivity contribution in [1.82, 2.24) is 0 Å². The van der Waals surface area contributed by atoms with Crippen LogP contribution in [0, 0.1) is 5.92 Å². The second-order valence-electron chi connectivity index (χ2n) is 4.07. The van der Waals surface area contributed by atoms with E-state index in [0.717, 1.165) is 11.3 Å². The molecule has 1 aromatic rings. The van der Waals surface area contributed by atoms with Crippen molar-refractivity contribution < 1.29 is 18.3 Å². The van der Waals surface area contributed by atoms with Crippen LogP contribution in [0.25, 0.3) is 0 Å². The summed E-state index contributed by atoms with van der Waals surface area (Å²) in [4.78, 5) is 10.8. The van der Waals surface area contributed by atoms with Gasteiger partial charge in [0.25, 0.3) is 0 Å². The van der Waals surface area contributed by atoms with Crippen LogP contribution in [-0.2, 0) is 10.0 Å². The first-order chi connectivity index (χ1) is 7.82. The van der Waals surface area contributed by atoms with E-state index >= 15 is 0 Å². The number of anilines is 1. The molecule has 0 saturated carbocycles. The highest BCUT2D eigenvalue weighted by atomic mass is 32.2. The van der Waals surface area contributed by atoms with Crippen LogP contribution in [0.1, 0.15) is 29.9 Å². The Balaban J connectivity index is 2.76. The quantitative estimate of drug-likeness (QED) is 0.835. The van der Waals surface area contributed by atoms with Crippen molar-refractivity contribution in [3.63, 3.8) is 0 Å². The van der Waals surface area contributed by atoms with Gasteiger partial charge in [-0.3, -0.25) is 4.72 Å². The second kappa shape index (κ2) is 5.50. The molecule has 0 spiro atoms. The van der Waals surface area contributed by atoms with E-state index in [1.165, 1.54) is 6.07 Å². The molecule has 17 heavy (non-hydrogen) atoms. The molecule has 1 heterocycles. The zero-order valence-electron chi connectivity index (χ0n) is 9.63. The molecule has 0 aliphatic heterocycles. The molecule has 0 bridgehead atoms. The maximum absolute atomic E-state index is 11.7. The van der Waals surface area contributed by atoms with Crippen LogP contribution < -0.4 is 4.72 Å². The number of aromatic carboxylic acids is 1. The number of carboxylic acids is 1. The SMILES string of the molecule is CC(C)CCS(=O)(=O)Nc1ccsc1C(=O)O. The average molecular weight is 277 g/mol. The molecule has 1 aromatic heterocycles. The molecule has 5 nitrogen and oxygen atoms in total. The van der Waals surface area contributed by atoms with Gasteiger partial charge in [0.1, 0.15) is 4.88 Å². The Morgan fingerprint density at radius 3 is 2.71 bits per heavy atom. The number of hydrogen-bond acceptors (Lipinski definition) is 4. The average Bonchev–Trinajstić information content (AvgIpc) is 2.62. The fourth-order valence-corrected chi connectivity index (χ4v) is 3.31. The second-order valence-corrected chi connectivity index (χ2v) is 6.83. The third-order valence-corrected chi connectivity index (χ3v) is 4.30. The van der Waals surface area contributed by atoms with E-state index in [4.69, 9.17) is 5.11 Å². The van der Waals surface area contributed by atoms with Crippen molar-refractivity contribution in [2.24, 2.45) is 5.92 Å². The van der Waals surface area contributed by atoms with E-state index in [9.17, 15) is 13.2 Å². The molecule has 7 heteroatoms. The van der Waals surface area contributed by atoms with Crippen LogP contribution in [0.15, 0.2) is 11.4 Å². The van der Waals surface area contributed by atoms with Crippen LogP contribution in [0.3, 0.4) is 0 Å². The summed E-state index contributed by atoms with van der Waals surface area (Å²) in [6.07, 6.45) is 0.544. The van der Waals surface area contributed by atoms with E-state index in [1.54, 1.807) is 5.38 Å². The lowest BCUT2D eigenvalue weighted by Crippen LogP contribution is -2.18. The minimum absolute atomic E-state index is 0.000424. The predicted octanol–water partition coefficient (Wildman–Crippen LogP) is 2.23. The summed E-state index contributed by atoms with van der Waals surface area (Å²) < 4.78 is 25.7. The zero-order chi connectivity index (χ0) is 13.1. The van der Waals surface area contributed by atoms with Gasteiger partial charge in [-0.05, 0) is 23.8 Å². The van der Waals surface area contributed by atoms with Crippen molar-refractivity contribution in [1.29, 1.82) is 0 Å². The lowest BCUT2D eigenvalue weighted by Gasteiger charge is -2.08. The largest absolute Gasteiger partial charge is 0.477 e. The van der Waals surface area contributed by atoms with Gasteiger partial charge < -0.3 is 5.11 Å². The zero-order valence-corrected chi connectivity index (χ0v) is 11.3. The number of carbonyl (C=O) groups is 1. The highest BCUT2D eigenvalue weighted by molar-refractivity contribution is 7.92. The minimum atomic E-state index is -3.46. The number of nitrogens with one attached hydrogen (secondary N) is 1. The fraction of sp³-hybridized carbons (Fsp3) is 0.500. The van der Waals surface area contributed by atoms with Crippen LogP contribution in [0.5, 0.6) is 0 Å². The van der Waals surface area contributed by atoms with E-state index in [1.807, 2.05) is 13.8 Å². The van der Waals surface area contributed by atoms with Crippen molar-refractivity contribution >= 4 is 33.0 Å². The molecule has 96 valence electrons. The van der Waals surface area contributed by atoms with E-state index < -0.39 is 16.0 Å². The van der Waals surface area contributed by atoms with Crippen LogP contribution in [-0.4, -0.2) is 25.2 Å². The van der Waals surface area contributed by atoms with Gasteiger partial charge in [0.05, 0.1) is 11.4 Å². The van der Waals surface area contributed by atoms with Gasteiger partial charge in [-0.2, -0.15) is 0 Å². The Labute approximate surface area is 105 Å². The molecular weight excluding hydrogens is 262 g/mol. The Bertz CT molecular complexity index is 490. The Hall–Kier alpha value is -1.08. The normalized spacial score (nSPS) is 11.7. The molecule has 2 N–H and O–H groups in total. The van der Waals surface area contributed by atoms with Crippen molar-refractivity contribution in [2.75, 3.05) is 10.5 Å². The summed E-state index contributed by atoms with van der Waals surface area (Å²) in [7, 11) is -3.46. The standard InChI is InChI=1S/C10H15NO4S2/c1-7(2)4-6-17(14,15)11-8-3-5-16-9(8)10(12)13/h3,5,7,11H,4,6H2,1-2H3,(H,12,13). The first kappa shape index (κ1) is 14.0. The lowest BCUT2D eigenvalue weighted by molar-refractivity contribution is 0.0703. The Morgan fingerprint density at radius 2 is 2.18 bits per heavy atom. The Morgan fingerprint density at radius 1 is 1.53 bits per heavy atom. The predicted molar refractivity (Wildman–Crippen MR) is 68.1 cm³/mol. The maximum Gasteiger partial charge on any atom is 0.348 e. The molecule has 0 aliphatic carbocycles. The summed E-state index contributed by atoms with van der Waals surface area (Å²) in [6.45, 7) is 3.87. The number of sulfonamides is 1. The molecule has 0 saturated heterocycles. The summed E-state index contributed by atoms with van der Waals surface area (Å²) in [5.74, 6) is -0.839. The van der Waals surface area contributed by atoms with Gasteiger partial charge in [0.15, 0.2) is 0 Å². The third kappa shape index (κ3) is 4.35. The summed E-state index contributed by atoms with van der Waals surface area (Å²) in [6, 6.07) is 1.46. The van der Waals surface area contributed by atoms with E-state index in [2.05, 4.69) is 4.72 Å². The molecule has 0 aromatic carbocycles. The van der Waals surface area contributed by atoms with Gasteiger partial charge in [-0.1, -0.05) is 13.8 Å². The summed E-state index contributed by atoms with van der Waals surface area (Å²) in [5.41, 5.74) is 0.145. The molecule has 0 atom stereocenters. The van der Waals surface area contributed by atoms with Gasteiger partial charge in [0, 0.05) is 0 Å². The first-order valence-electron chi connectivity index (χ1n) is 5.13. The number of hydrogen-bond donors (Lipinski definition) is 2. The number of rotatable bonds is 6.